The third-order valence-corrected chi connectivity index (χ3v) is 6.12. The molecule has 4 atom stereocenters. The summed E-state index contributed by atoms with van der Waals surface area (Å²) in [4.78, 5) is 13.7. The summed E-state index contributed by atoms with van der Waals surface area (Å²) in [5, 5.41) is 22.5. The molecule has 0 radical (unpaired) electrons. The predicted octanol–water partition coefficient (Wildman–Crippen LogP) is 2.62. The van der Waals surface area contributed by atoms with Crippen molar-refractivity contribution in [2.75, 3.05) is 11.9 Å². The molecule has 8 heteroatoms. The van der Waals surface area contributed by atoms with E-state index in [4.69, 9.17) is 4.42 Å². The first-order chi connectivity index (χ1) is 14.0. The Kier molecular flexibility index (Phi) is 4.24. The average Bonchev–Trinajstić information content (AvgIpc) is 3.14. The summed E-state index contributed by atoms with van der Waals surface area (Å²) in [7, 11) is 1.84. The number of nitrogens with zero attached hydrogens (tertiary/aromatic N) is 3. The number of anilines is 1. The lowest BCUT2D eigenvalue weighted by molar-refractivity contribution is 0.176. The maximum absolute atomic E-state index is 14.8. The van der Waals surface area contributed by atoms with Gasteiger partial charge in [-0.2, -0.15) is 0 Å². The minimum atomic E-state index is -0.951. The molecule has 0 spiro atoms. The SMILES string of the molecule is CN(c1ccc(-c2cc3occc(=O)c3cc2O)nn1)[C@@H]1C[C@H]2CC[C@H](N2)[C@@H]1F. The van der Waals surface area contributed by atoms with Gasteiger partial charge in [0.25, 0.3) is 0 Å². The Morgan fingerprint density at radius 1 is 1.24 bits per heavy atom. The summed E-state index contributed by atoms with van der Waals surface area (Å²) in [6, 6.07) is 7.77. The number of hydrogen-bond acceptors (Lipinski definition) is 7. The van der Waals surface area contributed by atoms with Gasteiger partial charge in [0.1, 0.15) is 17.5 Å². The summed E-state index contributed by atoms with van der Waals surface area (Å²) in [5.74, 6) is 0.500. The Morgan fingerprint density at radius 2 is 2.10 bits per heavy atom. The van der Waals surface area contributed by atoms with E-state index in [0.717, 1.165) is 19.3 Å². The van der Waals surface area contributed by atoms with E-state index in [2.05, 4.69) is 15.5 Å². The van der Waals surface area contributed by atoms with Crippen LogP contribution >= 0.6 is 0 Å². The molecule has 7 nitrogen and oxygen atoms in total. The molecule has 2 aliphatic heterocycles. The number of phenols is 1. The van der Waals surface area contributed by atoms with Crippen molar-refractivity contribution in [1.29, 1.82) is 0 Å². The standard InChI is InChI=1S/C21H21FN4O3/c1-26(16-8-11-2-3-15(23-11)21(16)22)20-5-4-14(24-25-20)12-10-19-13(9-18(12)28)17(27)6-7-29-19/h4-7,9-11,15-16,21,23,28H,2-3,8H2,1H3/t11-,15+,16-,21+/m1/s1. The van der Waals surface area contributed by atoms with Crippen molar-refractivity contribution in [2.45, 2.75) is 43.6 Å². The number of alkyl halides is 1. The molecule has 150 valence electrons. The molecule has 2 fully saturated rings. The highest BCUT2D eigenvalue weighted by atomic mass is 19.1. The van der Waals surface area contributed by atoms with Gasteiger partial charge in [0.2, 0.25) is 0 Å². The largest absolute Gasteiger partial charge is 0.507 e. The molecule has 2 saturated heterocycles. The van der Waals surface area contributed by atoms with Crippen LogP contribution in [0.3, 0.4) is 0 Å². The number of piperidine rings is 1. The molecule has 0 amide bonds. The first kappa shape index (κ1) is 18.1. The average molecular weight is 396 g/mol. The molecule has 2 bridgehead atoms. The normalized spacial score (nSPS) is 26.0. The molecular formula is C21H21FN4O3. The third kappa shape index (κ3) is 3.04. The first-order valence-corrected chi connectivity index (χ1v) is 9.73. The van der Waals surface area contributed by atoms with E-state index in [1.54, 1.807) is 18.2 Å². The zero-order chi connectivity index (χ0) is 20.1. The number of benzene rings is 1. The number of halogens is 1. The Labute approximate surface area is 166 Å². The Hall–Kier alpha value is -3.00. The van der Waals surface area contributed by atoms with Gasteiger partial charge in [-0.1, -0.05) is 0 Å². The number of phenolic OH excluding ortho intramolecular Hbond substituents is 1. The summed E-state index contributed by atoms with van der Waals surface area (Å²) in [5.41, 5.74) is 0.985. The van der Waals surface area contributed by atoms with Crippen molar-refractivity contribution in [3.05, 3.63) is 46.8 Å². The first-order valence-electron chi connectivity index (χ1n) is 9.73. The number of hydrogen-bond donors (Lipinski definition) is 2. The van der Waals surface area contributed by atoms with Crippen LogP contribution in [0.1, 0.15) is 19.3 Å². The third-order valence-electron chi connectivity index (χ3n) is 6.12. The number of aromatic nitrogens is 2. The van der Waals surface area contributed by atoms with Gasteiger partial charge in [0, 0.05) is 30.8 Å². The quantitative estimate of drug-likeness (QED) is 0.703. The fraction of sp³-hybridized carbons (Fsp3) is 0.381. The van der Waals surface area contributed by atoms with Crippen molar-refractivity contribution in [3.8, 4) is 17.0 Å². The van der Waals surface area contributed by atoms with Gasteiger partial charge in [-0.3, -0.25) is 4.79 Å². The van der Waals surface area contributed by atoms with E-state index >= 15 is 0 Å². The van der Waals surface area contributed by atoms with Gasteiger partial charge in [-0.05, 0) is 43.5 Å². The molecule has 4 heterocycles. The van der Waals surface area contributed by atoms with Gasteiger partial charge in [0.05, 0.1) is 23.4 Å². The molecule has 29 heavy (non-hydrogen) atoms. The molecule has 2 aromatic heterocycles. The lowest BCUT2D eigenvalue weighted by atomic mass is 9.96. The topological polar surface area (TPSA) is 91.5 Å². The zero-order valence-corrected chi connectivity index (χ0v) is 15.9. The van der Waals surface area contributed by atoms with Crippen LogP contribution in [-0.4, -0.2) is 46.6 Å². The zero-order valence-electron chi connectivity index (χ0n) is 15.9. The second-order valence-electron chi connectivity index (χ2n) is 7.83. The fourth-order valence-corrected chi connectivity index (χ4v) is 4.50. The van der Waals surface area contributed by atoms with Gasteiger partial charge in [0.15, 0.2) is 11.2 Å². The molecule has 0 saturated carbocycles. The van der Waals surface area contributed by atoms with Crippen molar-refractivity contribution in [2.24, 2.45) is 0 Å². The molecule has 3 aromatic rings. The van der Waals surface area contributed by atoms with Gasteiger partial charge in [-0.15, -0.1) is 10.2 Å². The van der Waals surface area contributed by atoms with Gasteiger partial charge >= 0.3 is 0 Å². The lowest BCUT2D eigenvalue weighted by Gasteiger charge is -2.38. The van der Waals surface area contributed by atoms with E-state index in [0.29, 0.717) is 34.1 Å². The molecule has 2 N–H and O–H groups in total. The van der Waals surface area contributed by atoms with E-state index in [-0.39, 0.29) is 23.3 Å². The summed E-state index contributed by atoms with van der Waals surface area (Å²) < 4.78 is 20.2. The van der Waals surface area contributed by atoms with E-state index in [1.165, 1.54) is 18.4 Å². The maximum atomic E-state index is 14.8. The minimum absolute atomic E-state index is 0.0786. The maximum Gasteiger partial charge on any atom is 0.192 e. The second kappa shape index (κ2) is 6.81. The predicted molar refractivity (Wildman–Crippen MR) is 107 cm³/mol. The van der Waals surface area contributed by atoms with Crippen molar-refractivity contribution >= 4 is 16.8 Å². The summed E-state index contributed by atoms with van der Waals surface area (Å²) in [6.45, 7) is 0. The van der Waals surface area contributed by atoms with Gasteiger partial charge in [-0.25, -0.2) is 4.39 Å². The lowest BCUT2D eigenvalue weighted by Crippen LogP contribution is -2.55. The molecule has 5 rings (SSSR count). The van der Waals surface area contributed by atoms with E-state index < -0.39 is 6.17 Å². The van der Waals surface area contributed by atoms with Gasteiger partial charge < -0.3 is 19.7 Å². The van der Waals surface area contributed by atoms with Crippen LogP contribution in [0.5, 0.6) is 5.75 Å². The van der Waals surface area contributed by atoms with Crippen molar-refractivity contribution in [1.82, 2.24) is 15.5 Å². The molecular weight excluding hydrogens is 375 g/mol. The Morgan fingerprint density at radius 3 is 2.90 bits per heavy atom. The second-order valence-corrected chi connectivity index (χ2v) is 7.83. The molecule has 0 unspecified atom stereocenters. The van der Waals surface area contributed by atoms with Crippen LogP contribution in [0.25, 0.3) is 22.2 Å². The van der Waals surface area contributed by atoms with Crippen LogP contribution in [0.15, 0.2) is 45.8 Å². The van der Waals surface area contributed by atoms with E-state index in [1.807, 2.05) is 11.9 Å². The smallest absolute Gasteiger partial charge is 0.192 e. The highest BCUT2D eigenvalue weighted by molar-refractivity contribution is 5.85. The van der Waals surface area contributed by atoms with Crippen LogP contribution in [0, 0.1) is 0 Å². The Bertz CT molecular complexity index is 1120. The monoisotopic (exact) mass is 396 g/mol. The number of nitrogens with one attached hydrogen (secondary N) is 1. The number of fused-ring (bicyclic) bond motifs is 3. The molecule has 0 aliphatic carbocycles. The Balaban J connectivity index is 1.44. The van der Waals surface area contributed by atoms with Crippen LogP contribution in [0.2, 0.25) is 0 Å². The summed E-state index contributed by atoms with van der Waals surface area (Å²) >= 11 is 0. The van der Waals surface area contributed by atoms with Crippen molar-refractivity contribution in [3.63, 3.8) is 0 Å². The van der Waals surface area contributed by atoms with Crippen LogP contribution in [-0.2, 0) is 0 Å². The highest BCUT2D eigenvalue weighted by Crippen LogP contribution is 2.34. The minimum Gasteiger partial charge on any atom is -0.507 e. The highest BCUT2D eigenvalue weighted by Gasteiger charge is 2.43. The van der Waals surface area contributed by atoms with Crippen LogP contribution < -0.4 is 15.6 Å². The van der Waals surface area contributed by atoms with Crippen molar-refractivity contribution < 1.29 is 13.9 Å². The van der Waals surface area contributed by atoms with E-state index in [9.17, 15) is 14.3 Å². The van der Waals surface area contributed by atoms with Crippen LogP contribution in [0.4, 0.5) is 10.2 Å². The number of rotatable bonds is 3. The molecule has 1 aromatic carbocycles. The molecule has 2 aliphatic rings. The summed E-state index contributed by atoms with van der Waals surface area (Å²) in [6.07, 6.45) is 2.99. The number of aromatic hydroxyl groups is 1. The fourth-order valence-electron chi connectivity index (χ4n) is 4.50.